The molecule has 0 aliphatic carbocycles. The van der Waals surface area contributed by atoms with E-state index in [1.165, 1.54) is 21.7 Å². The smallest absolute Gasteiger partial charge is 0.319 e. The number of hydrazine groups is 1. The first-order valence-corrected chi connectivity index (χ1v) is 9.50. The van der Waals surface area contributed by atoms with E-state index in [1.807, 2.05) is 6.07 Å². The fourth-order valence-corrected chi connectivity index (χ4v) is 3.72. The number of urea groups is 1. The summed E-state index contributed by atoms with van der Waals surface area (Å²) in [5.41, 5.74) is 6.71. The molecule has 0 saturated carbocycles. The Morgan fingerprint density at radius 1 is 1.00 bits per heavy atom. The van der Waals surface area contributed by atoms with Crippen LogP contribution in [0.15, 0.2) is 59.6 Å². The van der Waals surface area contributed by atoms with Crippen molar-refractivity contribution in [2.75, 3.05) is 34.7 Å². The van der Waals surface area contributed by atoms with Gasteiger partial charge in [0, 0.05) is 14.1 Å². The lowest BCUT2D eigenvalue weighted by molar-refractivity contribution is 0.158. The van der Waals surface area contributed by atoms with Crippen molar-refractivity contribution in [2.24, 2.45) is 4.99 Å². The molecule has 148 valence electrons. The number of carbonyl (C=O) groups excluding carboxylic acids is 1. The number of nitrogens with one attached hydrogen (secondary N) is 1. The lowest BCUT2D eigenvalue weighted by atomic mass is 9.96. The van der Waals surface area contributed by atoms with Gasteiger partial charge in [0.15, 0.2) is 0 Å². The van der Waals surface area contributed by atoms with Gasteiger partial charge in [-0.3, -0.25) is 10.4 Å². The number of hydrogen-bond donors (Lipinski definition) is 1. The number of carbonyl (C=O) groups is 1. The summed E-state index contributed by atoms with van der Waals surface area (Å²) in [5.74, 6) is 0.796. The number of rotatable bonds is 5. The zero-order valence-electron chi connectivity index (χ0n) is 17.3. The molecule has 28 heavy (non-hydrogen) atoms. The van der Waals surface area contributed by atoms with Crippen LogP contribution in [0.4, 0.5) is 4.79 Å². The summed E-state index contributed by atoms with van der Waals surface area (Å²) >= 11 is 0. The summed E-state index contributed by atoms with van der Waals surface area (Å²) in [6.07, 6.45) is 0. The summed E-state index contributed by atoms with van der Waals surface area (Å²) in [7, 11) is 7.64. The highest BCUT2D eigenvalue weighted by molar-refractivity contribution is 5.92. The predicted octanol–water partition coefficient (Wildman–Crippen LogP) is 3.25. The van der Waals surface area contributed by atoms with Crippen LogP contribution in [0, 0.1) is 0 Å². The van der Waals surface area contributed by atoms with Crippen LogP contribution in [-0.4, -0.2) is 67.5 Å². The number of amidine groups is 1. The first-order chi connectivity index (χ1) is 13.4. The Labute approximate surface area is 167 Å². The van der Waals surface area contributed by atoms with E-state index < -0.39 is 0 Å². The van der Waals surface area contributed by atoms with Crippen molar-refractivity contribution >= 4 is 11.9 Å². The van der Waals surface area contributed by atoms with Crippen LogP contribution in [0.5, 0.6) is 0 Å². The average molecular weight is 380 g/mol. The van der Waals surface area contributed by atoms with Crippen molar-refractivity contribution in [3.8, 4) is 11.1 Å². The average Bonchev–Trinajstić information content (AvgIpc) is 2.67. The molecule has 1 fully saturated rings. The minimum atomic E-state index is -0.0627. The highest BCUT2D eigenvalue weighted by Crippen LogP contribution is 2.27. The van der Waals surface area contributed by atoms with Gasteiger partial charge in [-0.25, -0.2) is 9.80 Å². The number of aliphatic imine (C=N–C) groups is 1. The lowest BCUT2D eigenvalue weighted by Crippen LogP contribution is -2.58. The van der Waals surface area contributed by atoms with Gasteiger partial charge < -0.3 is 9.80 Å². The molecule has 2 aromatic carbocycles. The third-order valence-corrected chi connectivity index (χ3v) is 5.03. The van der Waals surface area contributed by atoms with E-state index in [1.54, 1.807) is 19.0 Å². The number of hydrogen-bond acceptors (Lipinski definition) is 3. The van der Waals surface area contributed by atoms with Gasteiger partial charge in [-0.15, -0.1) is 0 Å². The van der Waals surface area contributed by atoms with Crippen LogP contribution in [0.2, 0.25) is 0 Å². The van der Waals surface area contributed by atoms with E-state index in [-0.39, 0.29) is 18.1 Å². The lowest BCUT2D eigenvalue weighted by Gasteiger charge is -2.34. The monoisotopic (exact) mass is 379 g/mol. The topological polar surface area (TPSA) is 51.2 Å². The maximum absolute atomic E-state index is 11.9. The second-order valence-corrected chi connectivity index (χ2v) is 7.52. The Bertz CT molecular complexity index is 816. The molecule has 6 heteroatoms. The highest BCUT2D eigenvalue weighted by atomic mass is 16.2. The van der Waals surface area contributed by atoms with Crippen molar-refractivity contribution in [3.63, 3.8) is 0 Å². The Balaban J connectivity index is 1.81. The molecule has 0 aromatic heterocycles. The van der Waals surface area contributed by atoms with E-state index in [4.69, 9.17) is 4.99 Å². The minimum absolute atomic E-state index is 0.0232. The molecule has 3 rings (SSSR count). The van der Waals surface area contributed by atoms with Crippen LogP contribution >= 0.6 is 0 Å². The summed E-state index contributed by atoms with van der Waals surface area (Å²) in [6, 6.07) is 19.2. The van der Waals surface area contributed by atoms with E-state index in [2.05, 4.69) is 79.9 Å². The molecular weight excluding hydrogens is 350 g/mol. The number of amides is 2. The van der Waals surface area contributed by atoms with Gasteiger partial charge in [0.2, 0.25) is 0 Å². The van der Waals surface area contributed by atoms with Gasteiger partial charge in [-0.1, -0.05) is 54.6 Å². The first-order valence-electron chi connectivity index (χ1n) is 9.50. The first kappa shape index (κ1) is 19.9. The molecule has 1 aliphatic rings. The van der Waals surface area contributed by atoms with Crippen molar-refractivity contribution in [3.05, 3.63) is 60.2 Å². The number of benzene rings is 2. The van der Waals surface area contributed by atoms with Crippen LogP contribution in [-0.2, 0) is 0 Å². The van der Waals surface area contributed by atoms with Gasteiger partial charge in [0.25, 0.3) is 0 Å². The Morgan fingerprint density at radius 3 is 2.18 bits per heavy atom. The van der Waals surface area contributed by atoms with Gasteiger partial charge in [-0.2, -0.15) is 0 Å². The molecule has 1 aliphatic heterocycles. The predicted molar refractivity (Wildman–Crippen MR) is 114 cm³/mol. The maximum Gasteiger partial charge on any atom is 0.338 e. The molecule has 2 amide bonds. The molecule has 1 heterocycles. The standard InChI is InChI=1S/C22H29N5O/c1-16(23-20-15-26(4)22(28)27(5)24-20)21(25(2)3)19-13-11-18(12-14-19)17-9-7-6-8-10-17/h6-14,16,21H,15H2,1-5H3,(H,23,24)/t16-,21+/m0/s1. The van der Waals surface area contributed by atoms with Crippen LogP contribution in [0.25, 0.3) is 11.1 Å². The van der Waals surface area contributed by atoms with Crippen molar-refractivity contribution in [1.29, 1.82) is 0 Å². The van der Waals surface area contributed by atoms with Crippen LogP contribution < -0.4 is 5.43 Å². The molecule has 1 N–H and O–H groups in total. The summed E-state index contributed by atoms with van der Waals surface area (Å²) in [5, 5.41) is 1.47. The summed E-state index contributed by atoms with van der Waals surface area (Å²) in [4.78, 5) is 20.6. The maximum atomic E-state index is 11.9. The molecule has 0 spiro atoms. The molecule has 0 unspecified atom stereocenters. The quantitative estimate of drug-likeness (QED) is 0.868. The zero-order chi connectivity index (χ0) is 20.3. The minimum Gasteiger partial charge on any atom is -0.319 e. The summed E-state index contributed by atoms with van der Waals surface area (Å²) in [6.45, 7) is 2.60. The Kier molecular flexibility index (Phi) is 5.99. The fourth-order valence-electron chi connectivity index (χ4n) is 3.72. The van der Waals surface area contributed by atoms with Gasteiger partial charge in [-0.05, 0) is 37.7 Å². The molecule has 2 atom stereocenters. The van der Waals surface area contributed by atoms with E-state index in [9.17, 15) is 4.79 Å². The second kappa shape index (κ2) is 8.44. The Hall–Kier alpha value is -2.86. The van der Waals surface area contributed by atoms with E-state index >= 15 is 0 Å². The molecule has 0 radical (unpaired) electrons. The van der Waals surface area contributed by atoms with Gasteiger partial charge in [0.1, 0.15) is 5.84 Å². The van der Waals surface area contributed by atoms with E-state index in [0.29, 0.717) is 6.54 Å². The van der Waals surface area contributed by atoms with Gasteiger partial charge in [0.05, 0.1) is 18.6 Å². The van der Waals surface area contributed by atoms with Crippen molar-refractivity contribution in [2.45, 2.75) is 19.0 Å². The third-order valence-electron chi connectivity index (χ3n) is 5.03. The summed E-state index contributed by atoms with van der Waals surface area (Å²) < 4.78 is 0. The molecule has 6 nitrogen and oxygen atoms in total. The fraction of sp³-hybridized carbons (Fsp3) is 0.364. The van der Waals surface area contributed by atoms with Gasteiger partial charge >= 0.3 is 6.03 Å². The van der Waals surface area contributed by atoms with Crippen LogP contribution in [0.3, 0.4) is 0 Å². The number of likely N-dealkylation sites (N-methyl/N-ethyl adjacent to an activating group) is 2. The molecule has 0 bridgehead atoms. The largest absolute Gasteiger partial charge is 0.338 e. The van der Waals surface area contributed by atoms with Crippen LogP contribution in [0.1, 0.15) is 18.5 Å². The van der Waals surface area contributed by atoms with E-state index in [0.717, 1.165) is 5.84 Å². The Morgan fingerprint density at radius 2 is 1.61 bits per heavy atom. The highest BCUT2D eigenvalue weighted by Gasteiger charge is 2.26. The van der Waals surface area contributed by atoms with Crippen molar-refractivity contribution in [1.82, 2.24) is 20.2 Å². The molecule has 2 aromatic rings. The normalized spacial score (nSPS) is 18.4. The molecular formula is C22H29N5O. The van der Waals surface area contributed by atoms with Crippen molar-refractivity contribution < 1.29 is 4.79 Å². The second-order valence-electron chi connectivity index (χ2n) is 7.52. The third kappa shape index (κ3) is 4.34. The molecule has 1 saturated heterocycles. The zero-order valence-corrected chi connectivity index (χ0v) is 17.3. The SMILES string of the molecule is C[C@H](N=C1CN(C)C(=O)N(C)N1)[C@H](c1ccc(-c2ccccc2)cc1)N(C)C. The number of nitrogens with zero attached hydrogens (tertiary/aromatic N) is 4.